The van der Waals surface area contributed by atoms with Crippen LogP contribution in [0.15, 0.2) is 12.1 Å². The summed E-state index contributed by atoms with van der Waals surface area (Å²) in [6.07, 6.45) is 16.9. The van der Waals surface area contributed by atoms with Crippen molar-refractivity contribution < 1.29 is 13.5 Å². The molecule has 0 spiro atoms. The first-order valence-corrected chi connectivity index (χ1v) is 11.7. The number of hydrogen-bond donors (Lipinski definition) is 0. The standard InChI is InChI=1S/C25H38F2O/c1-3-4-5-6-7-18-8-10-19(11-9-18)20-12-14-21(15-13-20)22-16-17-23(28-2)25(27)24(22)26/h16-21H,3-15H2,1-2H3. The highest BCUT2D eigenvalue weighted by Gasteiger charge is 2.32. The van der Waals surface area contributed by atoms with E-state index >= 15 is 0 Å². The second kappa shape index (κ2) is 10.6. The van der Waals surface area contributed by atoms with Gasteiger partial charge in [-0.25, -0.2) is 4.39 Å². The van der Waals surface area contributed by atoms with E-state index in [2.05, 4.69) is 6.92 Å². The van der Waals surface area contributed by atoms with Crippen LogP contribution in [0, 0.1) is 29.4 Å². The van der Waals surface area contributed by atoms with Gasteiger partial charge in [-0.1, -0.05) is 57.9 Å². The summed E-state index contributed by atoms with van der Waals surface area (Å²) >= 11 is 0. The Morgan fingerprint density at radius 1 is 0.821 bits per heavy atom. The van der Waals surface area contributed by atoms with E-state index in [4.69, 9.17) is 4.74 Å². The van der Waals surface area contributed by atoms with Gasteiger partial charge < -0.3 is 4.74 Å². The number of halogens is 2. The molecule has 158 valence electrons. The van der Waals surface area contributed by atoms with E-state index < -0.39 is 11.6 Å². The zero-order valence-electron chi connectivity index (χ0n) is 17.8. The fourth-order valence-electron chi connectivity index (χ4n) is 5.73. The Morgan fingerprint density at radius 2 is 1.46 bits per heavy atom. The minimum absolute atomic E-state index is 0.00129. The van der Waals surface area contributed by atoms with Gasteiger partial charge in [0.05, 0.1) is 7.11 Å². The van der Waals surface area contributed by atoms with Crippen LogP contribution in [0.2, 0.25) is 0 Å². The summed E-state index contributed by atoms with van der Waals surface area (Å²) < 4.78 is 33.4. The van der Waals surface area contributed by atoms with Crippen molar-refractivity contribution in [2.75, 3.05) is 7.11 Å². The Hall–Kier alpha value is -1.12. The first-order valence-electron chi connectivity index (χ1n) is 11.7. The van der Waals surface area contributed by atoms with Gasteiger partial charge in [-0.3, -0.25) is 0 Å². The lowest BCUT2D eigenvalue weighted by atomic mass is 9.68. The highest BCUT2D eigenvalue weighted by Crippen LogP contribution is 2.45. The molecule has 0 bridgehead atoms. The fourth-order valence-corrected chi connectivity index (χ4v) is 5.73. The van der Waals surface area contributed by atoms with Gasteiger partial charge in [-0.05, 0) is 73.8 Å². The zero-order chi connectivity index (χ0) is 19.9. The molecule has 1 aromatic carbocycles. The van der Waals surface area contributed by atoms with E-state index in [1.54, 1.807) is 12.1 Å². The molecule has 0 radical (unpaired) electrons. The summed E-state index contributed by atoms with van der Waals surface area (Å²) in [6, 6.07) is 3.30. The van der Waals surface area contributed by atoms with Crippen LogP contribution in [-0.4, -0.2) is 7.11 Å². The number of hydrogen-bond acceptors (Lipinski definition) is 1. The number of unbranched alkanes of at least 4 members (excludes halogenated alkanes) is 3. The average molecular weight is 393 g/mol. The van der Waals surface area contributed by atoms with Crippen molar-refractivity contribution in [2.45, 2.75) is 96.3 Å². The number of rotatable bonds is 8. The SMILES string of the molecule is CCCCCCC1CCC(C2CCC(c3ccc(OC)c(F)c3F)CC2)CC1. The molecule has 2 aliphatic rings. The lowest BCUT2D eigenvalue weighted by Gasteiger charge is -2.38. The van der Waals surface area contributed by atoms with E-state index in [1.165, 1.54) is 77.7 Å². The molecule has 0 aromatic heterocycles. The van der Waals surface area contributed by atoms with Crippen molar-refractivity contribution in [3.8, 4) is 5.75 Å². The summed E-state index contributed by atoms with van der Waals surface area (Å²) in [7, 11) is 1.38. The smallest absolute Gasteiger partial charge is 0.200 e. The molecule has 3 rings (SSSR count). The quantitative estimate of drug-likeness (QED) is 0.407. The molecule has 0 amide bonds. The maximum atomic E-state index is 14.4. The van der Waals surface area contributed by atoms with Crippen LogP contribution in [-0.2, 0) is 0 Å². The molecular formula is C25H38F2O. The first kappa shape index (κ1) is 21.6. The second-order valence-corrected chi connectivity index (χ2v) is 9.23. The van der Waals surface area contributed by atoms with Crippen LogP contribution in [0.5, 0.6) is 5.75 Å². The monoisotopic (exact) mass is 392 g/mol. The maximum absolute atomic E-state index is 14.4. The topological polar surface area (TPSA) is 9.23 Å². The third kappa shape index (κ3) is 5.27. The maximum Gasteiger partial charge on any atom is 0.200 e. The van der Waals surface area contributed by atoms with Crippen molar-refractivity contribution in [1.29, 1.82) is 0 Å². The number of benzene rings is 1. The molecule has 28 heavy (non-hydrogen) atoms. The first-order chi connectivity index (χ1) is 13.6. The van der Waals surface area contributed by atoms with Crippen molar-refractivity contribution in [2.24, 2.45) is 17.8 Å². The number of methoxy groups -OCH3 is 1. The van der Waals surface area contributed by atoms with Gasteiger partial charge in [0.25, 0.3) is 0 Å². The molecule has 0 atom stereocenters. The molecule has 1 aromatic rings. The minimum atomic E-state index is -0.834. The zero-order valence-corrected chi connectivity index (χ0v) is 17.8. The molecule has 2 fully saturated rings. The largest absolute Gasteiger partial charge is 0.494 e. The normalized spacial score (nSPS) is 28.3. The van der Waals surface area contributed by atoms with Crippen LogP contribution in [0.1, 0.15) is 102 Å². The van der Waals surface area contributed by atoms with E-state index in [0.717, 1.165) is 30.6 Å². The molecule has 3 heteroatoms. The molecule has 1 nitrogen and oxygen atoms in total. The van der Waals surface area contributed by atoms with Gasteiger partial charge in [-0.15, -0.1) is 0 Å². The molecule has 0 saturated heterocycles. The Bertz CT molecular complexity index is 599. The molecule has 0 heterocycles. The van der Waals surface area contributed by atoms with Gasteiger partial charge >= 0.3 is 0 Å². The van der Waals surface area contributed by atoms with Gasteiger partial charge in [0, 0.05) is 0 Å². The van der Waals surface area contributed by atoms with Gasteiger partial charge in [0.2, 0.25) is 5.82 Å². The lowest BCUT2D eigenvalue weighted by molar-refractivity contribution is 0.155. The Morgan fingerprint density at radius 3 is 2.07 bits per heavy atom. The Labute approximate surface area is 170 Å². The molecule has 0 unspecified atom stereocenters. The predicted octanol–water partition coefficient (Wildman–Crippen LogP) is 8.02. The summed E-state index contributed by atoms with van der Waals surface area (Å²) in [5.74, 6) is 1.24. The van der Waals surface area contributed by atoms with Gasteiger partial charge in [0.15, 0.2) is 11.6 Å². The van der Waals surface area contributed by atoms with Crippen molar-refractivity contribution in [3.05, 3.63) is 29.3 Å². The van der Waals surface area contributed by atoms with Crippen LogP contribution >= 0.6 is 0 Å². The predicted molar refractivity (Wildman–Crippen MR) is 112 cm³/mol. The summed E-state index contributed by atoms with van der Waals surface area (Å²) in [6.45, 7) is 2.28. The molecule has 2 saturated carbocycles. The molecule has 0 aliphatic heterocycles. The van der Waals surface area contributed by atoms with Gasteiger partial charge in [-0.2, -0.15) is 4.39 Å². The second-order valence-electron chi connectivity index (χ2n) is 9.23. The van der Waals surface area contributed by atoms with E-state index in [9.17, 15) is 8.78 Å². The van der Waals surface area contributed by atoms with E-state index in [0.29, 0.717) is 5.56 Å². The van der Waals surface area contributed by atoms with Crippen LogP contribution in [0.4, 0.5) is 8.78 Å². The summed E-state index contributed by atoms with van der Waals surface area (Å²) in [5.41, 5.74) is 0.549. The third-order valence-electron chi connectivity index (χ3n) is 7.53. The minimum Gasteiger partial charge on any atom is -0.494 e. The van der Waals surface area contributed by atoms with Crippen molar-refractivity contribution in [1.82, 2.24) is 0 Å². The highest BCUT2D eigenvalue weighted by atomic mass is 19.2. The van der Waals surface area contributed by atoms with Crippen LogP contribution in [0.25, 0.3) is 0 Å². The van der Waals surface area contributed by atoms with E-state index in [-0.39, 0.29) is 11.7 Å². The summed E-state index contributed by atoms with van der Waals surface area (Å²) in [5, 5.41) is 0. The van der Waals surface area contributed by atoms with Crippen molar-refractivity contribution >= 4 is 0 Å². The highest BCUT2D eigenvalue weighted by molar-refractivity contribution is 5.33. The molecular weight excluding hydrogens is 354 g/mol. The van der Waals surface area contributed by atoms with Gasteiger partial charge in [0.1, 0.15) is 0 Å². The van der Waals surface area contributed by atoms with Crippen molar-refractivity contribution in [3.63, 3.8) is 0 Å². The number of ether oxygens (including phenoxy) is 1. The van der Waals surface area contributed by atoms with Crippen LogP contribution in [0.3, 0.4) is 0 Å². The fraction of sp³-hybridized carbons (Fsp3) is 0.760. The molecule has 2 aliphatic carbocycles. The van der Waals surface area contributed by atoms with E-state index in [1.807, 2.05) is 0 Å². The summed E-state index contributed by atoms with van der Waals surface area (Å²) in [4.78, 5) is 0. The Kier molecular flexibility index (Phi) is 8.17. The Balaban J connectivity index is 1.44. The third-order valence-corrected chi connectivity index (χ3v) is 7.53. The van der Waals surface area contributed by atoms with Crippen LogP contribution < -0.4 is 4.74 Å². The average Bonchev–Trinajstić information content (AvgIpc) is 2.74. The molecule has 0 N–H and O–H groups in total. The lowest BCUT2D eigenvalue weighted by Crippen LogP contribution is -2.25.